The Morgan fingerprint density at radius 1 is 1.04 bits per heavy atom. The number of aromatic nitrogens is 1. The quantitative estimate of drug-likeness (QED) is 0.616. The number of rotatable bonds is 6. The van der Waals surface area contributed by atoms with Gasteiger partial charge in [0, 0.05) is 36.3 Å². The highest BCUT2D eigenvalue weighted by Gasteiger charge is 2.12. The van der Waals surface area contributed by atoms with Gasteiger partial charge in [0.25, 0.3) is 0 Å². The molecule has 0 radical (unpaired) electrons. The Morgan fingerprint density at radius 3 is 2.43 bits per heavy atom. The molecular formula is C24H26N2OS. The van der Waals surface area contributed by atoms with Gasteiger partial charge in [0.05, 0.1) is 5.69 Å². The number of nitrogens with zero attached hydrogens (tertiary/aromatic N) is 2. The summed E-state index contributed by atoms with van der Waals surface area (Å²) >= 11 is 1.81. The lowest BCUT2D eigenvalue weighted by Gasteiger charge is -2.22. The van der Waals surface area contributed by atoms with Crippen molar-refractivity contribution in [1.82, 2.24) is 9.88 Å². The second kappa shape index (κ2) is 9.16. The molecule has 3 nitrogen and oxygen atoms in total. The van der Waals surface area contributed by atoms with Crippen LogP contribution in [0.4, 0.5) is 0 Å². The second-order valence-corrected chi connectivity index (χ2v) is 8.50. The highest BCUT2D eigenvalue weighted by atomic mass is 32.1. The van der Waals surface area contributed by atoms with Crippen molar-refractivity contribution in [3.63, 3.8) is 0 Å². The van der Waals surface area contributed by atoms with Crippen molar-refractivity contribution in [2.75, 3.05) is 0 Å². The smallest absolute Gasteiger partial charge is 0.120 e. The molecule has 3 rings (SSSR count). The van der Waals surface area contributed by atoms with Crippen LogP contribution in [-0.4, -0.2) is 20.6 Å². The monoisotopic (exact) mass is 390 g/mol. The van der Waals surface area contributed by atoms with Crippen molar-refractivity contribution in [3.05, 3.63) is 87.4 Å². The van der Waals surface area contributed by atoms with Crippen LogP contribution >= 0.6 is 11.3 Å². The van der Waals surface area contributed by atoms with Gasteiger partial charge in [-0.2, -0.15) is 0 Å². The van der Waals surface area contributed by atoms with Gasteiger partial charge in [-0.25, -0.2) is 0 Å². The third kappa shape index (κ3) is 6.31. The number of thiophene rings is 1. The molecule has 2 aromatic heterocycles. The minimum absolute atomic E-state index is 0.804. The SMILES string of the molecule is Cc1ccsc1CN(Cc1ccc(C#CC(C)(C)O)cc1)Cc1ccccn1. The van der Waals surface area contributed by atoms with E-state index in [-0.39, 0.29) is 0 Å². The summed E-state index contributed by atoms with van der Waals surface area (Å²) in [6, 6.07) is 16.5. The molecule has 1 aromatic carbocycles. The summed E-state index contributed by atoms with van der Waals surface area (Å²) in [5.41, 5.74) is 3.59. The summed E-state index contributed by atoms with van der Waals surface area (Å²) in [7, 11) is 0. The number of hydrogen-bond donors (Lipinski definition) is 1. The molecule has 0 amide bonds. The van der Waals surface area contributed by atoms with Gasteiger partial charge in [0.15, 0.2) is 0 Å². The number of aliphatic hydroxyl groups is 1. The summed E-state index contributed by atoms with van der Waals surface area (Å²) in [6.07, 6.45) is 1.85. The van der Waals surface area contributed by atoms with Gasteiger partial charge in [0.1, 0.15) is 5.60 Å². The molecule has 0 fully saturated rings. The molecule has 0 unspecified atom stereocenters. The van der Waals surface area contributed by atoms with Gasteiger partial charge in [-0.1, -0.05) is 30.0 Å². The number of benzene rings is 1. The molecule has 3 aromatic rings. The number of pyridine rings is 1. The Bertz CT molecular complexity index is 944. The predicted molar refractivity (Wildman–Crippen MR) is 116 cm³/mol. The molecule has 0 bridgehead atoms. The Balaban J connectivity index is 1.74. The van der Waals surface area contributed by atoms with Crippen molar-refractivity contribution in [2.45, 2.75) is 46.0 Å². The molecule has 4 heteroatoms. The molecule has 0 aliphatic carbocycles. The van der Waals surface area contributed by atoms with Gasteiger partial charge in [-0.05, 0) is 67.6 Å². The fourth-order valence-electron chi connectivity index (χ4n) is 2.83. The van der Waals surface area contributed by atoms with Crippen molar-refractivity contribution in [1.29, 1.82) is 0 Å². The van der Waals surface area contributed by atoms with E-state index in [1.165, 1.54) is 16.0 Å². The van der Waals surface area contributed by atoms with Gasteiger partial charge in [0.2, 0.25) is 0 Å². The van der Waals surface area contributed by atoms with Crippen LogP contribution in [0.3, 0.4) is 0 Å². The van der Waals surface area contributed by atoms with E-state index in [1.54, 1.807) is 25.2 Å². The van der Waals surface area contributed by atoms with E-state index in [9.17, 15) is 5.11 Å². The molecule has 0 saturated heterocycles. The normalized spacial score (nSPS) is 11.3. The Hall–Kier alpha value is -2.45. The van der Waals surface area contributed by atoms with Crippen LogP contribution in [-0.2, 0) is 19.6 Å². The van der Waals surface area contributed by atoms with Crippen molar-refractivity contribution in [2.24, 2.45) is 0 Å². The van der Waals surface area contributed by atoms with E-state index in [2.05, 4.69) is 58.3 Å². The minimum atomic E-state index is -0.975. The summed E-state index contributed by atoms with van der Waals surface area (Å²) in [6.45, 7) is 8.10. The van der Waals surface area contributed by atoms with E-state index in [1.807, 2.05) is 30.5 Å². The first-order chi connectivity index (χ1) is 13.4. The van der Waals surface area contributed by atoms with E-state index >= 15 is 0 Å². The molecule has 144 valence electrons. The van der Waals surface area contributed by atoms with E-state index < -0.39 is 5.60 Å². The Labute approximate surface area is 171 Å². The zero-order valence-electron chi connectivity index (χ0n) is 16.6. The van der Waals surface area contributed by atoms with E-state index in [4.69, 9.17) is 0 Å². The Morgan fingerprint density at radius 2 is 1.82 bits per heavy atom. The van der Waals surface area contributed by atoms with Gasteiger partial charge < -0.3 is 5.11 Å². The van der Waals surface area contributed by atoms with Crippen LogP contribution in [0.15, 0.2) is 60.1 Å². The number of aryl methyl sites for hydroxylation is 1. The van der Waals surface area contributed by atoms with Gasteiger partial charge in [-0.3, -0.25) is 9.88 Å². The second-order valence-electron chi connectivity index (χ2n) is 7.50. The molecule has 0 atom stereocenters. The largest absolute Gasteiger partial charge is 0.378 e. The molecular weight excluding hydrogens is 364 g/mol. The van der Waals surface area contributed by atoms with Gasteiger partial charge >= 0.3 is 0 Å². The first-order valence-corrected chi connectivity index (χ1v) is 10.3. The number of hydrogen-bond acceptors (Lipinski definition) is 4. The Kier molecular flexibility index (Phi) is 6.64. The van der Waals surface area contributed by atoms with Crippen LogP contribution in [0.5, 0.6) is 0 Å². The lowest BCUT2D eigenvalue weighted by Crippen LogP contribution is -2.22. The molecule has 0 saturated carbocycles. The summed E-state index contributed by atoms with van der Waals surface area (Å²) in [5.74, 6) is 5.88. The highest BCUT2D eigenvalue weighted by Crippen LogP contribution is 2.20. The van der Waals surface area contributed by atoms with E-state index in [0.29, 0.717) is 0 Å². The highest BCUT2D eigenvalue weighted by molar-refractivity contribution is 7.10. The first kappa shape index (κ1) is 20.3. The van der Waals surface area contributed by atoms with Crippen LogP contribution in [0.2, 0.25) is 0 Å². The maximum absolute atomic E-state index is 9.75. The summed E-state index contributed by atoms with van der Waals surface area (Å²) in [5, 5.41) is 11.9. The molecule has 0 aliphatic heterocycles. The molecule has 28 heavy (non-hydrogen) atoms. The van der Waals surface area contributed by atoms with Crippen LogP contribution < -0.4 is 0 Å². The van der Waals surface area contributed by atoms with Crippen LogP contribution in [0, 0.1) is 18.8 Å². The van der Waals surface area contributed by atoms with Crippen molar-refractivity contribution >= 4 is 11.3 Å². The minimum Gasteiger partial charge on any atom is -0.378 e. The maximum Gasteiger partial charge on any atom is 0.120 e. The maximum atomic E-state index is 9.75. The lowest BCUT2D eigenvalue weighted by molar-refractivity contribution is 0.143. The van der Waals surface area contributed by atoms with E-state index in [0.717, 1.165) is 30.9 Å². The zero-order valence-corrected chi connectivity index (χ0v) is 17.5. The lowest BCUT2D eigenvalue weighted by atomic mass is 10.1. The molecule has 1 N–H and O–H groups in total. The molecule has 0 aliphatic rings. The van der Waals surface area contributed by atoms with Crippen LogP contribution in [0.25, 0.3) is 0 Å². The third-order valence-corrected chi connectivity index (χ3v) is 5.33. The van der Waals surface area contributed by atoms with Crippen LogP contribution in [0.1, 0.15) is 41.1 Å². The fourth-order valence-corrected chi connectivity index (χ4v) is 3.78. The molecule has 0 spiro atoms. The molecule has 2 heterocycles. The fraction of sp³-hybridized carbons (Fsp3) is 0.292. The van der Waals surface area contributed by atoms with Gasteiger partial charge in [-0.15, -0.1) is 11.3 Å². The first-order valence-electron chi connectivity index (χ1n) is 9.39. The third-order valence-electron chi connectivity index (χ3n) is 4.32. The summed E-state index contributed by atoms with van der Waals surface area (Å²) < 4.78 is 0. The predicted octanol–water partition coefficient (Wildman–Crippen LogP) is 4.78. The average Bonchev–Trinajstić information content (AvgIpc) is 3.06. The zero-order chi connectivity index (χ0) is 20.0. The average molecular weight is 391 g/mol. The van der Waals surface area contributed by atoms with Crippen molar-refractivity contribution < 1.29 is 5.11 Å². The van der Waals surface area contributed by atoms with Crippen molar-refractivity contribution in [3.8, 4) is 11.8 Å². The topological polar surface area (TPSA) is 36.4 Å². The standard InChI is InChI=1S/C24H26N2OS/c1-19-12-15-28-23(19)18-26(17-22-6-4-5-14-25-22)16-21-9-7-20(8-10-21)11-13-24(2,3)27/h4-10,12,14-15,27H,16-18H2,1-3H3. The summed E-state index contributed by atoms with van der Waals surface area (Å²) in [4.78, 5) is 8.30.